The lowest BCUT2D eigenvalue weighted by molar-refractivity contribution is -0.0498. The van der Waals surface area contributed by atoms with Crippen LogP contribution in [0, 0.1) is 0 Å². The number of anilines is 1. The molecule has 0 aliphatic carbocycles. The van der Waals surface area contributed by atoms with Crippen LogP contribution in [-0.2, 0) is 0 Å². The van der Waals surface area contributed by atoms with E-state index in [1.807, 2.05) is 5.38 Å². The summed E-state index contributed by atoms with van der Waals surface area (Å²) in [7, 11) is 0. The Morgan fingerprint density at radius 3 is 2.46 bits per heavy atom. The summed E-state index contributed by atoms with van der Waals surface area (Å²) in [5.41, 5.74) is 0.693. The van der Waals surface area contributed by atoms with Gasteiger partial charge in [0.2, 0.25) is 0 Å². The first-order valence-corrected chi connectivity index (χ1v) is 8.59. The van der Waals surface area contributed by atoms with E-state index in [4.69, 9.17) is 0 Å². The van der Waals surface area contributed by atoms with Crippen LogP contribution < -0.4 is 9.64 Å². The van der Waals surface area contributed by atoms with Crippen molar-refractivity contribution in [2.45, 2.75) is 12.7 Å². The predicted molar refractivity (Wildman–Crippen MR) is 88.8 cm³/mol. The second kappa shape index (κ2) is 7.87. The number of rotatable bonds is 6. The molecule has 8 heteroatoms. The van der Waals surface area contributed by atoms with Gasteiger partial charge in [-0.1, -0.05) is 12.1 Å². The number of piperazine rings is 1. The fourth-order valence-electron chi connectivity index (χ4n) is 2.72. The van der Waals surface area contributed by atoms with Gasteiger partial charge in [-0.2, -0.15) is 8.78 Å². The van der Waals surface area contributed by atoms with Crippen LogP contribution in [0.3, 0.4) is 0 Å². The van der Waals surface area contributed by atoms with Crippen molar-refractivity contribution < 1.29 is 18.6 Å². The molecule has 1 aliphatic rings. The molecule has 1 aliphatic heterocycles. The number of halogens is 2. The molecule has 0 saturated carbocycles. The van der Waals surface area contributed by atoms with Crippen molar-refractivity contribution in [3.63, 3.8) is 0 Å². The highest BCUT2D eigenvalue weighted by molar-refractivity contribution is 7.13. The molecule has 1 saturated heterocycles. The molecule has 1 aromatic carbocycles. The van der Waals surface area contributed by atoms with Gasteiger partial charge in [-0.05, 0) is 17.7 Å². The summed E-state index contributed by atoms with van der Waals surface area (Å²) in [6.07, 6.45) is 1.15. The van der Waals surface area contributed by atoms with Gasteiger partial charge in [0.05, 0.1) is 6.10 Å². The van der Waals surface area contributed by atoms with Gasteiger partial charge >= 0.3 is 6.61 Å². The Balaban J connectivity index is 1.49. The highest BCUT2D eigenvalue weighted by Gasteiger charge is 2.21. The summed E-state index contributed by atoms with van der Waals surface area (Å²) in [6, 6.07) is 6.14. The smallest absolute Gasteiger partial charge is 0.387 e. The third-order valence-electron chi connectivity index (χ3n) is 3.98. The maximum Gasteiger partial charge on any atom is 0.387 e. The molecule has 0 unspecified atom stereocenters. The van der Waals surface area contributed by atoms with E-state index in [1.165, 1.54) is 12.1 Å². The number of aromatic nitrogens is 1. The van der Waals surface area contributed by atoms with Crippen molar-refractivity contribution in [2.75, 3.05) is 37.6 Å². The van der Waals surface area contributed by atoms with Crippen LogP contribution in [0.5, 0.6) is 5.75 Å². The fraction of sp³-hybridized carbons (Fsp3) is 0.438. The molecule has 1 fully saturated rings. The van der Waals surface area contributed by atoms with Crippen LogP contribution in [0.2, 0.25) is 0 Å². The molecule has 0 amide bonds. The largest absolute Gasteiger partial charge is 0.435 e. The number of nitrogens with zero attached hydrogens (tertiary/aromatic N) is 3. The molecule has 0 spiro atoms. The summed E-state index contributed by atoms with van der Waals surface area (Å²) in [5.74, 6) is 0.0954. The summed E-state index contributed by atoms with van der Waals surface area (Å²) in [4.78, 5) is 8.75. The topological polar surface area (TPSA) is 48.8 Å². The standard InChI is InChI=1S/C16H19F2N3O2S/c17-15(18)23-13-3-1-12(2-4-13)14(22)11-20-6-8-21(9-7-20)16-19-5-10-24-16/h1-5,10,14-15,22H,6-9,11H2/t14-/m0/s1. The normalized spacial score (nSPS) is 17.2. The Morgan fingerprint density at radius 1 is 1.17 bits per heavy atom. The first-order chi connectivity index (χ1) is 11.6. The van der Waals surface area contributed by atoms with Crippen LogP contribution in [0.4, 0.5) is 13.9 Å². The van der Waals surface area contributed by atoms with Crippen molar-refractivity contribution in [1.82, 2.24) is 9.88 Å². The van der Waals surface area contributed by atoms with Crippen molar-refractivity contribution in [2.24, 2.45) is 0 Å². The van der Waals surface area contributed by atoms with Crippen LogP contribution in [-0.4, -0.2) is 54.3 Å². The van der Waals surface area contributed by atoms with Gasteiger partial charge in [0.25, 0.3) is 0 Å². The van der Waals surface area contributed by atoms with E-state index in [0.717, 1.165) is 31.3 Å². The van der Waals surface area contributed by atoms with Gasteiger partial charge in [-0.15, -0.1) is 11.3 Å². The van der Waals surface area contributed by atoms with Crippen LogP contribution in [0.1, 0.15) is 11.7 Å². The SMILES string of the molecule is O[C@@H](CN1CCN(c2nccs2)CC1)c1ccc(OC(F)F)cc1. The molecule has 1 atom stereocenters. The Morgan fingerprint density at radius 2 is 1.88 bits per heavy atom. The van der Waals surface area contributed by atoms with Crippen LogP contribution in [0.15, 0.2) is 35.8 Å². The number of thiazole rings is 1. The lowest BCUT2D eigenvalue weighted by atomic mass is 10.1. The lowest BCUT2D eigenvalue weighted by Crippen LogP contribution is -2.47. The summed E-state index contributed by atoms with van der Waals surface area (Å²) in [5, 5.41) is 13.3. The van der Waals surface area contributed by atoms with Crippen molar-refractivity contribution >= 4 is 16.5 Å². The van der Waals surface area contributed by atoms with Gasteiger partial charge in [-0.25, -0.2) is 4.98 Å². The highest BCUT2D eigenvalue weighted by atomic mass is 32.1. The number of hydrogen-bond acceptors (Lipinski definition) is 6. The molecule has 1 aromatic heterocycles. The van der Waals surface area contributed by atoms with E-state index in [2.05, 4.69) is 19.5 Å². The quantitative estimate of drug-likeness (QED) is 0.863. The number of aliphatic hydroxyl groups is 1. The van der Waals surface area contributed by atoms with Crippen LogP contribution >= 0.6 is 11.3 Å². The number of alkyl halides is 2. The molecule has 2 aromatic rings. The van der Waals surface area contributed by atoms with E-state index in [9.17, 15) is 13.9 Å². The third kappa shape index (κ3) is 4.40. The average molecular weight is 355 g/mol. The minimum Gasteiger partial charge on any atom is -0.435 e. The number of β-amino-alcohol motifs (C(OH)–C–C–N with tert-alkyl or cyclic N) is 1. The van der Waals surface area contributed by atoms with Gasteiger partial charge in [0, 0.05) is 44.3 Å². The van der Waals surface area contributed by atoms with E-state index in [1.54, 1.807) is 29.7 Å². The highest BCUT2D eigenvalue weighted by Crippen LogP contribution is 2.22. The Hall–Kier alpha value is -1.77. The van der Waals surface area contributed by atoms with E-state index >= 15 is 0 Å². The second-order valence-corrected chi connectivity index (χ2v) is 6.44. The summed E-state index contributed by atoms with van der Waals surface area (Å²) in [6.45, 7) is 1.13. The minimum atomic E-state index is -2.84. The molecule has 0 radical (unpaired) electrons. The third-order valence-corrected chi connectivity index (χ3v) is 4.82. The molecule has 3 rings (SSSR count). The Kier molecular flexibility index (Phi) is 5.60. The monoisotopic (exact) mass is 355 g/mol. The minimum absolute atomic E-state index is 0.0954. The summed E-state index contributed by atoms with van der Waals surface area (Å²) >= 11 is 1.63. The lowest BCUT2D eigenvalue weighted by Gasteiger charge is -2.35. The maximum absolute atomic E-state index is 12.1. The number of ether oxygens (including phenoxy) is 1. The molecular formula is C16H19F2N3O2S. The zero-order chi connectivity index (χ0) is 16.9. The molecular weight excluding hydrogens is 336 g/mol. The zero-order valence-electron chi connectivity index (χ0n) is 13.0. The van der Waals surface area contributed by atoms with E-state index < -0.39 is 12.7 Å². The molecule has 1 N–H and O–H groups in total. The molecule has 0 bridgehead atoms. The fourth-order valence-corrected chi connectivity index (χ4v) is 3.41. The van der Waals surface area contributed by atoms with Gasteiger partial charge in [-0.3, -0.25) is 4.90 Å². The Bertz CT molecular complexity index is 617. The van der Waals surface area contributed by atoms with Crippen molar-refractivity contribution in [3.8, 4) is 5.75 Å². The zero-order valence-corrected chi connectivity index (χ0v) is 13.8. The van der Waals surface area contributed by atoms with Gasteiger partial charge in [0.15, 0.2) is 5.13 Å². The first-order valence-electron chi connectivity index (χ1n) is 7.71. The Labute approximate surface area is 143 Å². The van der Waals surface area contributed by atoms with Gasteiger partial charge in [0.1, 0.15) is 5.75 Å². The average Bonchev–Trinajstić information content (AvgIpc) is 3.10. The first kappa shape index (κ1) is 17.1. The number of hydrogen-bond donors (Lipinski definition) is 1. The second-order valence-electron chi connectivity index (χ2n) is 5.57. The molecule has 5 nitrogen and oxygen atoms in total. The van der Waals surface area contributed by atoms with E-state index in [-0.39, 0.29) is 5.75 Å². The van der Waals surface area contributed by atoms with Gasteiger partial charge < -0.3 is 14.7 Å². The van der Waals surface area contributed by atoms with E-state index in [0.29, 0.717) is 12.1 Å². The number of aliphatic hydroxyl groups excluding tert-OH is 1. The van der Waals surface area contributed by atoms with Crippen molar-refractivity contribution in [1.29, 1.82) is 0 Å². The van der Waals surface area contributed by atoms with Crippen molar-refractivity contribution in [3.05, 3.63) is 41.4 Å². The number of benzene rings is 1. The summed E-state index contributed by atoms with van der Waals surface area (Å²) < 4.78 is 28.6. The molecule has 2 heterocycles. The maximum atomic E-state index is 12.1. The molecule has 130 valence electrons. The molecule has 24 heavy (non-hydrogen) atoms. The predicted octanol–water partition coefficient (Wildman–Crippen LogP) is 2.60. The van der Waals surface area contributed by atoms with Crippen LogP contribution in [0.25, 0.3) is 0 Å².